The molecule has 0 spiro atoms. The highest BCUT2D eigenvalue weighted by Crippen LogP contribution is 2.24. The molecule has 0 unspecified atom stereocenters. The second-order valence-electron chi connectivity index (χ2n) is 5.08. The number of hydrogen-bond acceptors (Lipinski definition) is 5. The van der Waals surface area contributed by atoms with Crippen LogP contribution in [-0.4, -0.2) is 15.4 Å². The fourth-order valence-corrected chi connectivity index (χ4v) is 3.30. The topological polar surface area (TPSA) is 60.7 Å². The summed E-state index contributed by atoms with van der Waals surface area (Å²) >= 11 is 1.39. The van der Waals surface area contributed by atoms with Gasteiger partial charge in [0.1, 0.15) is 6.61 Å². The molecule has 2 aromatic heterocycles. The minimum absolute atomic E-state index is 0.0234. The minimum atomic E-state index is -0.155. The lowest BCUT2D eigenvalue weighted by Gasteiger charge is -2.19. The first-order chi connectivity index (χ1) is 9.74. The molecule has 0 aromatic carbocycles. The van der Waals surface area contributed by atoms with E-state index in [4.69, 9.17) is 4.74 Å². The van der Waals surface area contributed by atoms with Gasteiger partial charge in [-0.3, -0.25) is 14.0 Å². The third-order valence-corrected chi connectivity index (χ3v) is 4.41. The Hall–Kier alpha value is -1.69. The summed E-state index contributed by atoms with van der Waals surface area (Å²) in [7, 11) is 0. The van der Waals surface area contributed by atoms with Gasteiger partial charge in [-0.05, 0) is 12.8 Å². The van der Waals surface area contributed by atoms with Crippen molar-refractivity contribution in [3.05, 3.63) is 33.7 Å². The summed E-state index contributed by atoms with van der Waals surface area (Å²) < 4.78 is 6.79. The van der Waals surface area contributed by atoms with Crippen LogP contribution in [0.4, 0.5) is 0 Å². The van der Waals surface area contributed by atoms with E-state index in [1.165, 1.54) is 28.2 Å². The standard InChI is InChI=1S/C14H16N2O3S/c17-12-8-11(15-14-16(12)6-7-20-14)9-19-13(18)10-4-2-1-3-5-10/h6-8,10H,1-5,9H2. The monoisotopic (exact) mass is 292 g/mol. The van der Waals surface area contributed by atoms with Crippen molar-refractivity contribution in [2.24, 2.45) is 5.92 Å². The molecule has 0 atom stereocenters. The zero-order chi connectivity index (χ0) is 13.9. The van der Waals surface area contributed by atoms with Gasteiger partial charge < -0.3 is 4.74 Å². The van der Waals surface area contributed by atoms with Crippen molar-refractivity contribution in [3.63, 3.8) is 0 Å². The van der Waals surface area contributed by atoms with E-state index in [-0.39, 0.29) is 24.1 Å². The molecule has 1 fully saturated rings. The highest BCUT2D eigenvalue weighted by Gasteiger charge is 2.22. The van der Waals surface area contributed by atoms with E-state index in [2.05, 4.69) is 4.98 Å². The molecule has 6 heteroatoms. The van der Waals surface area contributed by atoms with Gasteiger partial charge in [-0.2, -0.15) is 0 Å². The molecular weight excluding hydrogens is 276 g/mol. The van der Waals surface area contributed by atoms with Crippen molar-refractivity contribution in [3.8, 4) is 0 Å². The third kappa shape index (κ3) is 2.75. The number of fused-ring (bicyclic) bond motifs is 1. The Balaban J connectivity index is 1.67. The van der Waals surface area contributed by atoms with Gasteiger partial charge in [0.2, 0.25) is 0 Å². The number of hydrogen-bond donors (Lipinski definition) is 0. The Morgan fingerprint density at radius 1 is 1.40 bits per heavy atom. The van der Waals surface area contributed by atoms with Crippen LogP contribution in [0.15, 0.2) is 22.4 Å². The number of carbonyl (C=O) groups is 1. The largest absolute Gasteiger partial charge is 0.459 e. The van der Waals surface area contributed by atoms with E-state index >= 15 is 0 Å². The second kappa shape index (κ2) is 5.75. The summed E-state index contributed by atoms with van der Waals surface area (Å²) in [6.45, 7) is 0.0823. The predicted octanol–water partition coefficient (Wildman–Crippen LogP) is 2.38. The molecule has 0 saturated heterocycles. The molecule has 1 aliphatic rings. The second-order valence-corrected chi connectivity index (χ2v) is 5.96. The average Bonchev–Trinajstić information content (AvgIpc) is 2.94. The molecule has 1 saturated carbocycles. The lowest BCUT2D eigenvalue weighted by Crippen LogP contribution is -2.21. The Morgan fingerprint density at radius 3 is 3.00 bits per heavy atom. The zero-order valence-corrected chi connectivity index (χ0v) is 11.9. The molecule has 0 aliphatic heterocycles. The molecular formula is C14H16N2O3S. The summed E-state index contributed by atoms with van der Waals surface area (Å²) in [5.41, 5.74) is 0.376. The summed E-state index contributed by atoms with van der Waals surface area (Å²) in [6.07, 6.45) is 6.92. The summed E-state index contributed by atoms with van der Waals surface area (Å²) in [4.78, 5) is 28.7. The Morgan fingerprint density at radius 2 is 2.20 bits per heavy atom. The first kappa shape index (κ1) is 13.3. The first-order valence-electron chi connectivity index (χ1n) is 6.86. The van der Waals surface area contributed by atoms with Crippen LogP contribution in [0.3, 0.4) is 0 Å². The van der Waals surface area contributed by atoms with Crippen LogP contribution >= 0.6 is 11.3 Å². The highest BCUT2D eigenvalue weighted by molar-refractivity contribution is 7.15. The number of nitrogens with zero attached hydrogens (tertiary/aromatic N) is 2. The summed E-state index contributed by atoms with van der Waals surface area (Å²) in [5, 5.41) is 1.81. The van der Waals surface area contributed by atoms with E-state index in [0.29, 0.717) is 10.7 Å². The Bertz CT molecular complexity index is 670. The van der Waals surface area contributed by atoms with Crippen LogP contribution < -0.4 is 5.56 Å². The summed E-state index contributed by atoms with van der Waals surface area (Å²) in [6, 6.07) is 1.42. The lowest BCUT2D eigenvalue weighted by atomic mass is 9.89. The van der Waals surface area contributed by atoms with Crippen LogP contribution in [0.5, 0.6) is 0 Å². The van der Waals surface area contributed by atoms with Crippen molar-refractivity contribution in [2.75, 3.05) is 0 Å². The fourth-order valence-electron chi connectivity index (χ4n) is 2.56. The van der Waals surface area contributed by atoms with Gasteiger partial charge in [-0.1, -0.05) is 19.3 Å². The molecule has 2 heterocycles. The van der Waals surface area contributed by atoms with Gasteiger partial charge in [-0.25, -0.2) is 4.98 Å². The van der Waals surface area contributed by atoms with Gasteiger partial charge in [0.05, 0.1) is 11.6 Å². The number of ether oxygens (including phenoxy) is 1. The molecule has 3 rings (SSSR count). The van der Waals surface area contributed by atoms with Crippen LogP contribution in [-0.2, 0) is 16.1 Å². The van der Waals surface area contributed by atoms with Crippen molar-refractivity contribution in [2.45, 2.75) is 38.7 Å². The van der Waals surface area contributed by atoms with Gasteiger partial charge in [0, 0.05) is 17.6 Å². The highest BCUT2D eigenvalue weighted by atomic mass is 32.1. The van der Waals surface area contributed by atoms with Crippen LogP contribution in [0.2, 0.25) is 0 Å². The quantitative estimate of drug-likeness (QED) is 0.815. The van der Waals surface area contributed by atoms with E-state index in [9.17, 15) is 9.59 Å². The maximum absolute atomic E-state index is 11.9. The van der Waals surface area contributed by atoms with Gasteiger partial charge in [0.15, 0.2) is 4.96 Å². The van der Waals surface area contributed by atoms with Crippen LogP contribution in [0, 0.1) is 5.92 Å². The SMILES string of the molecule is O=C(OCc1cc(=O)n2ccsc2n1)C1CCCCC1. The Labute approximate surface area is 120 Å². The van der Waals surface area contributed by atoms with E-state index < -0.39 is 0 Å². The normalized spacial score (nSPS) is 16.4. The maximum Gasteiger partial charge on any atom is 0.309 e. The predicted molar refractivity (Wildman–Crippen MR) is 75.7 cm³/mol. The molecule has 106 valence electrons. The van der Waals surface area contributed by atoms with Gasteiger partial charge >= 0.3 is 5.97 Å². The number of aromatic nitrogens is 2. The van der Waals surface area contributed by atoms with Crippen molar-refractivity contribution < 1.29 is 9.53 Å². The maximum atomic E-state index is 11.9. The number of rotatable bonds is 3. The third-order valence-electron chi connectivity index (χ3n) is 3.66. The molecule has 2 aromatic rings. The molecule has 20 heavy (non-hydrogen) atoms. The minimum Gasteiger partial charge on any atom is -0.459 e. The van der Waals surface area contributed by atoms with E-state index in [1.807, 2.05) is 5.38 Å². The van der Waals surface area contributed by atoms with Crippen molar-refractivity contribution in [1.29, 1.82) is 0 Å². The molecule has 0 radical (unpaired) electrons. The number of esters is 1. The zero-order valence-electron chi connectivity index (χ0n) is 11.1. The van der Waals surface area contributed by atoms with Crippen LogP contribution in [0.25, 0.3) is 4.96 Å². The van der Waals surface area contributed by atoms with Crippen LogP contribution in [0.1, 0.15) is 37.8 Å². The van der Waals surface area contributed by atoms with E-state index in [1.54, 1.807) is 6.20 Å². The average molecular weight is 292 g/mol. The number of carbonyl (C=O) groups excluding carboxylic acids is 1. The lowest BCUT2D eigenvalue weighted by molar-refractivity contribution is -0.151. The molecule has 0 bridgehead atoms. The fraction of sp³-hybridized carbons (Fsp3) is 0.500. The first-order valence-corrected chi connectivity index (χ1v) is 7.74. The van der Waals surface area contributed by atoms with Crippen molar-refractivity contribution >= 4 is 22.3 Å². The smallest absolute Gasteiger partial charge is 0.309 e. The summed E-state index contributed by atoms with van der Waals surface area (Å²) in [5.74, 6) is -0.131. The molecule has 1 aliphatic carbocycles. The molecule has 0 amide bonds. The number of thiazole rings is 1. The van der Waals surface area contributed by atoms with Gasteiger partial charge in [-0.15, -0.1) is 11.3 Å². The van der Waals surface area contributed by atoms with Gasteiger partial charge in [0.25, 0.3) is 5.56 Å². The molecule has 5 nitrogen and oxygen atoms in total. The Kier molecular flexibility index (Phi) is 3.82. The molecule has 0 N–H and O–H groups in total. The van der Waals surface area contributed by atoms with E-state index in [0.717, 1.165) is 25.7 Å². The van der Waals surface area contributed by atoms with Crippen molar-refractivity contribution in [1.82, 2.24) is 9.38 Å².